The number of halogens is 1. The van der Waals surface area contributed by atoms with Crippen LogP contribution in [-0.2, 0) is 6.54 Å². The Hall–Kier alpha value is -3.33. The summed E-state index contributed by atoms with van der Waals surface area (Å²) in [6.07, 6.45) is 0. The number of carbonyl (C=O) groups is 1. The summed E-state index contributed by atoms with van der Waals surface area (Å²) >= 11 is 1.67. The topological polar surface area (TPSA) is 77.6 Å². The molecule has 0 fully saturated rings. The van der Waals surface area contributed by atoms with Crippen LogP contribution in [-0.4, -0.2) is 30.7 Å². The second-order valence-electron chi connectivity index (χ2n) is 6.71. The Morgan fingerprint density at radius 3 is 2.72 bits per heavy atom. The average molecular weight is 410 g/mol. The van der Waals surface area contributed by atoms with Crippen LogP contribution in [0.4, 0.5) is 10.1 Å². The number of carbonyl (C=O) groups excluding carboxylic acids is 1. The predicted molar refractivity (Wildman–Crippen MR) is 109 cm³/mol. The quantitative estimate of drug-likeness (QED) is 0.541. The highest BCUT2D eigenvalue weighted by molar-refractivity contribution is 7.09. The molecule has 0 spiro atoms. The van der Waals surface area contributed by atoms with Gasteiger partial charge in [0.1, 0.15) is 5.82 Å². The molecule has 0 atom stereocenters. The number of aryl methyl sites for hydroxylation is 2. The van der Waals surface area contributed by atoms with Crippen LogP contribution in [0.1, 0.15) is 32.4 Å². The second-order valence-corrected chi connectivity index (χ2v) is 7.74. The highest BCUT2D eigenvalue weighted by Crippen LogP contribution is 2.23. The third kappa shape index (κ3) is 3.68. The van der Waals surface area contributed by atoms with Crippen molar-refractivity contribution < 1.29 is 9.18 Å². The molecule has 4 aromatic rings. The fourth-order valence-corrected chi connectivity index (χ4v) is 3.93. The number of aromatic nitrogens is 5. The molecule has 3 heterocycles. The highest BCUT2D eigenvalue weighted by atomic mass is 32.1. The monoisotopic (exact) mass is 410 g/mol. The van der Waals surface area contributed by atoms with E-state index in [1.165, 1.54) is 21.7 Å². The zero-order valence-electron chi connectivity index (χ0n) is 16.2. The lowest BCUT2D eigenvalue weighted by Crippen LogP contribution is -2.15. The zero-order chi connectivity index (χ0) is 20.5. The van der Waals surface area contributed by atoms with E-state index >= 15 is 0 Å². The van der Waals surface area contributed by atoms with Gasteiger partial charge in [-0.05, 0) is 66.9 Å². The molecular formula is C20H19FN6OS. The van der Waals surface area contributed by atoms with Crippen LogP contribution in [0.25, 0.3) is 5.69 Å². The van der Waals surface area contributed by atoms with Crippen molar-refractivity contribution in [3.63, 3.8) is 0 Å². The van der Waals surface area contributed by atoms with E-state index in [2.05, 4.69) is 31.5 Å². The number of thiophene rings is 1. The fourth-order valence-electron chi connectivity index (χ4n) is 3.23. The van der Waals surface area contributed by atoms with Gasteiger partial charge in [-0.25, -0.2) is 4.39 Å². The third-order valence-electron chi connectivity index (χ3n) is 4.78. The van der Waals surface area contributed by atoms with Crippen LogP contribution in [0.3, 0.4) is 0 Å². The van der Waals surface area contributed by atoms with E-state index < -0.39 is 5.82 Å². The Morgan fingerprint density at radius 2 is 2.03 bits per heavy atom. The highest BCUT2D eigenvalue weighted by Gasteiger charge is 2.18. The average Bonchev–Trinajstić information content (AvgIpc) is 3.41. The van der Waals surface area contributed by atoms with Crippen LogP contribution >= 0.6 is 11.3 Å². The molecule has 0 aliphatic heterocycles. The number of nitrogens with one attached hydrogen (secondary N) is 1. The largest absolute Gasteiger partial charge is 0.343 e. The summed E-state index contributed by atoms with van der Waals surface area (Å²) in [6, 6.07) is 10.2. The van der Waals surface area contributed by atoms with Crippen LogP contribution in [0, 0.1) is 26.6 Å². The fraction of sp³-hybridized carbons (Fsp3) is 0.200. The molecule has 7 nitrogen and oxygen atoms in total. The van der Waals surface area contributed by atoms with Gasteiger partial charge in [0.15, 0.2) is 5.82 Å². The van der Waals surface area contributed by atoms with Crippen LogP contribution in [0.2, 0.25) is 0 Å². The summed E-state index contributed by atoms with van der Waals surface area (Å²) in [4.78, 5) is 14.1. The van der Waals surface area contributed by atoms with Crippen molar-refractivity contribution in [3.8, 4) is 5.69 Å². The molecule has 4 rings (SSSR count). The molecule has 29 heavy (non-hydrogen) atoms. The summed E-state index contributed by atoms with van der Waals surface area (Å²) in [5.41, 5.74) is 2.96. The van der Waals surface area contributed by atoms with Crippen molar-refractivity contribution in [3.05, 3.63) is 75.2 Å². The van der Waals surface area contributed by atoms with Crippen molar-refractivity contribution in [2.75, 3.05) is 5.32 Å². The first-order valence-electron chi connectivity index (χ1n) is 8.99. The van der Waals surface area contributed by atoms with Gasteiger partial charge in [-0.2, -0.15) is 4.68 Å². The summed E-state index contributed by atoms with van der Waals surface area (Å²) in [5.74, 6) is -0.328. The van der Waals surface area contributed by atoms with Gasteiger partial charge in [0.2, 0.25) is 0 Å². The van der Waals surface area contributed by atoms with Crippen molar-refractivity contribution >= 4 is 22.9 Å². The van der Waals surface area contributed by atoms with Crippen LogP contribution in [0.15, 0.2) is 41.8 Å². The van der Waals surface area contributed by atoms with E-state index in [-0.39, 0.29) is 11.6 Å². The van der Waals surface area contributed by atoms with Gasteiger partial charge in [0.05, 0.1) is 23.5 Å². The van der Waals surface area contributed by atoms with E-state index in [1.807, 2.05) is 31.4 Å². The smallest absolute Gasteiger partial charge is 0.257 e. The lowest BCUT2D eigenvalue weighted by Gasteiger charge is -2.10. The van der Waals surface area contributed by atoms with Crippen LogP contribution < -0.4 is 5.32 Å². The number of nitrogens with zero attached hydrogens (tertiary/aromatic N) is 5. The molecule has 0 saturated carbocycles. The van der Waals surface area contributed by atoms with Gasteiger partial charge >= 0.3 is 0 Å². The Morgan fingerprint density at radius 1 is 1.21 bits per heavy atom. The minimum absolute atomic E-state index is 0.0745. The van der Waals surface area contributed by atoms with Gasteiger partial charge in [-0.1, -0.05) is 6.07 Å². The number of tetrazole rings is 1. The number of benzene rings is 1. The molecule has 9 heteroatoms. The maximum Gasteiger partial charge on any atom is 0.257 e. The second kappa shape index (κ2) is 7.59. The molecule has 0 aliphatic carbocycles. The van der Waals surface area contributed by atoms with Crippen molar-refractivity contribution in [1.82, 2.24) is 24.8 Å². The van der Waals surface area contributed by atoms with Gasteiger partial charge < -0.3 is 9.88 Å². The first-order valence-corrected chi connectivity index (χ1v) is 9.87. The maximum absolute atomic E-state index is 14.3. The molecule has 1 amide bonds. The molecular weight excluding hydrogens is 391 g/mol. The molecule has 0 aliphatic rings. The number of anilines is 1. The van der Waals surface area contributed by atoms with Crippen molar-refractivity contribution in [1.29, 1.82) is 0 Å². The Balaban J connectivity index is 1.61. The van der Waals surface area contributed by atoms with E-state index in [1.54, 1.807) is 24.3 Å². The Labute approximate surface area is 170 Å². The normalized spacial score (nSPS) is 11.0. The van der Waals surface area contributed by atoms with Gasteiger partial charge in [-0.3, -0.25) is 4.79 Å². The standard InChI is InChI=1S/C20H19FN6OS/c1-12-9-17(13(2)26(12)11-16-5-4-8-29-16)20(28)22-19-10-15(6-7-18(19)21)27-14(3)23-24-25-27/h4-10H,11H2,1-3H3,(H,22,28). The number of hydrogen-bond donors (Lipinski definition) is 1. The summed E-state index contributed by atoms with van der Waals surface area (Å²) in [7, 11) is 0. The van der Waals surface area contributed by atoms with E-state index in [0.29, 0.717) is 23.6 Å². The lowest BCUT2D eigenvalue weighted by atomic mass is 10.2. The number of rotatable bonds is 5. The van der Waals surface area contributed by atoms with Crippen molar-refractivity contribution in [2.24, 2.45) is 0 Å². The van der Waals surface area contributed by atoms with E-state index in [4.69, 9.17) is 0 Å². The molecule has 0 radical (unpaired) electrons. The van der Waals surface area contributed by atoms with Gasteiger partial charge in [0.25, 0.3) is 5.91 Å². The molecule has 3 aromatic heterocycles. The Bertz CT molecular complexity index is 1180. The summed E-state index contributed by atoms with van der Waals surface area (Å²) in [5, 5.41) is 16.0. The third-order valence-corrected chi connectivity index (χ3v) is 5.64. The first kappa shape index (κ1) is 19.0. The van der Waals surface area contributed by atoms with Gasteiger partial charge in [0, 0.05) is 16.3 Å². The van der Waals surface area contributed by atoms with E-state index in [0.717, 1.165) is 11.4 Å². The summed E-state index contributed by atoms with van der Waals surface area (Å²) < 4.78 is 17.9. The molecule has 1 aromatic carbocycles. The molecule has 148 valence electrons. The van der Waals surface area contributed by atoms with E-state index in [9.17, 15) is 9.18 Å². The van der Waals surface area contributed by atoms with Crippen LogP contribution in [0.5, 0.6) is 0 Å². The SMILES string of the molecule is Cc1nnnn1-c1ccc(F)c(NC(=O)c2cc(C)n(Cc3cccs3)c2C)c1. The predicted octanol–water partition coefficient (Wildman–Crippen LogP) is 3.89. The maximum atomic E-state index is 14.3. The Kier molecular flexibility index (Phi) is 4.98. The lowest BCUT2D eigenvalue weighted by molar-refractivity contribution is 0.102. The summed E-state index contributed by atoms with van der Waals surface area (Å²) in [6.45, 7) is 6.29. The first-order chi connectivity index (χ1) is 13.9. The van der Waals surface area contributed by atoms with Crippen molar-refractivity contribution in [2.45, 2.75) is 27.3 Å². The molecule has 0 unspecified atom stereocenters. The van der Waals surface area contributed by atoms with Gasteiger partial charge in [-0.15, -0.1) is 16.4 Å². The number of hydrogen-bond acceptors (Lipinski definition) is 5. The molecule has 1 N–H and O–H groups in total. The molecule has 0 bridgehead atoms. The number of amides is 1. The molecule has 0 saturated heterocycles. The minimum atomic E-state index is -0.528. The minimum Gasteiger partial charge on any atom is -0.343 e. The zero-order valence-corrected chi connectivity index (χ0v) is 17.0.